The number of hydrogen-bond donors (Lipinski definition) is 1. The Morgan fingerprint density at radius 3 is 2.28 bits per heavy atom. The maximum absolute atomic E-state index is 11.1. The van der Waals surface area contributed by atoms with Gasteiger partial charge in [0.2, 0.25) is 0 Å². The Morgan fingerprint density at radius 2 is 1.83 bits per heavy atom. The van der Waals surface area contributed by atoms with Gasteiger partial charge in [-0.05, 0) is 19.4 Å². The Kier molecular flexibility index (Phi) is 6.55. The zero-order valence-corrected chi connectivity index (χ0v) is 12.5. The van der Waals surface area contributed by atoms with Crippen LogP contribution in [0.4, 0.5) is 0 Å². The first kappa shape index (κ1) is 15.9. The number of hydrogen-bond acceptors (Lipinski definition) is 5. The second-order valence-electron chi connectivity index (χ2n) is 5.15. The molecule has 1 atom stereocenters. The molecule has 6 heteroatoms. The van der Waals surface area contributed by atoms with Crippen molar-refractivity contribution >= 4 is 9.84 Å². The van der Waals surface area contributed by atoms with Gasteiger partial charge in [-0.15, -0.1) is 0 Å². The van der Waals surface area contributed by atoms with Crippen molar-refractivity contribution in [2.24, 2.45) is 5.73 Å². The summed E-state index contributed by atoms with van der Waals surface area (Å²) in [5, 5.41) is 0. The van der Waals surface area contributed by atoms with Gasteiger partial charge in [0.15, 0.2) is 0 Å². The van der Waals surface area contributed by atoms with Crippen LogP contribution in [0.2, 0.25) is 0 Å². The summed E-state index contributed by atoms with van der Waals surface area (Å²) >= 11 is 0. The third kappa shape index (κ3) is 5.65. The molecule has 0 bridgehead atoms. The van der Waals surface area contributed by atoms with Crippen LogP contribution in [0.25, 0.3) is 0 Å². The Bertz CT molecular complexity index is 324. The maximum Gasteiger partial charge on any atom is 0.148 e. The van der Waals surface area contributed by atoms with Crippen LogP contribution < -0.4 is 5.73 Å². The second-order valence-corrected chi connectivity index (χ2v) is 7.41. The molecule has 1 saturated heterocycles. The van der Waals surface area contributed by atoms with Crippen molar-refractivity contribution in [2.45, 2.75) is 25.8 Å². The van der Waals surface area contributed by atoms with Gasteiger partial charge in [-0.25, -0.2) is 8.42 Å². The van der Waals surface area contributed by atoms with E-state index in [1.165, 1.54) is 6.26 Å². The summed E-state index contributed by atoms with van der Waals surface area (Å²) < 4.78 is 22.3. The first-order valence-corrected chi connectivity index (χ1v) is 8.86. The number of rotatable bonds is 7. The molecule has 2 N–H and O–H groups in total. The molecule has 0 aromatic carbocycles. The summed E-state index contributed by atoms with van der Waals surface area (Å²) in [6.07, 6.45) is 3.50. The topological polar surface area (TPSA) is 66.6 Å². The fraction of sp³-hybridized carbons (Fsp3) is 1.00. The highest BCUT2D eigenvalue weighted by Gasteiger charge is 2.22. The van der Waals surface area contributed by atoms with E-state index in [0.29, 0.717) is 12.6 Å². The molecule has 0 amide bonds. The smallest absolute Gasteiger partial charge is 0.148 e. The van der Waals surface area contributed by atoms with Gasteiger partial charge >= 0.3 is 0 Å². The normalized spacial score (nSPS) is 21.1. The van der Waals surface area contributed by atoms with E-state index >= 15 is 0 Å². The van der Waals surface area contributed by atoms with E-state index in [0.717, 1.165) is 45.6 Å². The van der Waals surface area contributed by atoms with E-state index in [1.54, 1.807) is 0 Å². The minimum atomic E-state index is -2.84. The van der Waals surface area contributed by atoms with Gasteiger partial charge in [-0.3, -0.25) is 9.80 Å². The monoisotopic (exact) mass is 277 g/mol. The fourth-order valence-corrected chi connectivity index (χ4v) is 3.07. The maximum atomic E-state index is 11.1. The molecule has 5 nitrogen and oxygen atoms in total. The van der Waals surface area contributed by atoms with Crippen LogP contribution in [-0.2, 0) is 9.84 Å². The molecule has 1 unspecified atom stereocenters. The van der Waals surface area contributed by atoms with Crippen molar-refractivity contribution < 1.29 is 8.42 Å². The highest BCUT2D eigenvalue weighted by Crippen LogP contribution is 2.11. The van der Waals surface area contributed by atoms with E-state index in [1.807, 2.05) is 0 Å². The molecule has 0 aromatic heterocycles. The van der Waals surface area contributed by atoms with Gasteiger partial charge in [0, 0.05) is 45.0 Å². The molecule has 0 spiro atoms. The van der Waals surface area contributed by atoms with Gasteiger partial charge in [0.25, 0.3) is 0 Å². The molecule has 1 fully saturated rings. The van der Waals surface area contributed by atoms with Gasteiger partial charge in [-0.1, -0.05) is 6.92 Å². The summed E-state index contributed by atoms with van der Waals surface area (Å²) in [4.78, 5) is 4.73. The zero-order valence-electron chi connectivity index (χ0n) is 11.6. The van der Waals surface area contributed by atoms with Crippen molar-refractivity contribution in [3.05, 3.63) is 0 Å². The van der Waals surface area contributed by atoms with Gasteiger partial charge < -0.3 is 5.73 Å². The van der Waals surface area contributed by atoms with E-state index in [2.05, 4.69) is 16.7 Å². The number of sulfone groups is 1. The summed E-state index contributed by atoms with van der Waals surface area (Å²) in [6.45, 7) is 7.61. The Hall–Kier alpha value is -0.170. The quantitative estimate of drug-likeness (QED) is 0.697. The lowest BCUT2D eigenvalue weighted by atomic mass is 10.1. The summed E-state index contributed by atoms with van der Waals surface area (Å²) in [6, 6.07) is 0.590. The molecule has 1 aliphatic heterocycles. The molecule has 0 aromatic rings. The predicted molar refractivity (Wildman–Crippen MR) is 75.5 cm³/mol. The molecule has 0 saturated carbocycles. The molecular weight excluding hydrogens is 250 g/mol. The van der Waals surface area contributed by atoms with Crippen molar-refractivity contribution in [1.29, 1.82) is 0 Å². The number of nitrogens with zero attached hydrogens (tertiary/aromatic N) is 2. The first-order chi connectivity index (χ1) is 8.46. The SMILES string of the molecule is CCC(CCN)N1CCN(CCS(C)(=O)=O)CC1. The van der Waals surface area contributed by atoms with Crippen LogP contribution in [0, 0.1) is 0 Å². The van der Waals surface area contributed by atoms with Crippen molar-refractivity contribution in [1.82, 2.24) is 9.80 Å². The van der Waals surface area contributed by atoms with Crippen molar-refractivity contribution in [3.8, 4) is 0 Å². The summed E-state index contributed by atoms with van der Waals surface area (Å²) in [5.41, 5.74) is 5.63. The fourth-order valence-electron chi connectivity index (χ4n) is 2.48. The van der Waals surface area contributed by atoms with Crippen LogP contribution in [0.3, 0.4) is 0 Å². The average Bonchev–Trinajstić information content (AvgIpc) is 2.33. The van der Waals surface area contributed by atoms with Crippen LogP contribution in [-0.4, -0.2) is 75.5 Å². The van der Waals surface area contributed by atoms with E-state index in [-0.39, 0.29) is 5.75 Å². The van der Waals surface area contributed by atoms with Crippen molar-refractivity contribution in [2.75, 3.05) is 51.3 Å². The highest BCUT2D eigenvalue weighted by atomic mass is 32.2. The van der Waals surface area contributed by atoms with Gasteiger partial charge in [-0.2, -0.15) is 0 Å². The van der Waals surface area contributed by atoms with E-state index < -0.39 is 9.84 Å². The number of piperazine rings is 1. The lowest BCUT2D eigenvalue weighted by Gasteiger charge is -2.39. The Balaban J connectivity index is 2.31. The third-order valence-electron chi connectivity index (χ3n) is 3.67. The molecule has 18 heavy (non-hydrogen) atoms. The van der Waals surface area contributed by atoms with Gasteiger partial charge in [0.05, 0.1) is 5.75 Å². The van der Waals surface area contributed by atoms with Gasteiger partial charge in [0.1, 0.15) is 9.84 Å². The first-order valence-electron chi connectivity index (χ1n) is 6.80. The van der Waals surface area contributed by atoms with Crippen LogP contribution >= 0.6 is 0 Å². The second kappa shape index (κ2) is 7.43. The lowest BCUT2D eigenvalue weighted by molar-refractivity contribution is 0.0946. The van der Waals surface area contributed by atoms with Crippen LogP contribution in [0.15, 0.2) is 0 Å². The van der Waals surface area contributed by atoms with Crippen LogP contribution in [0.1, 0.15) is 19.8 Å². The largest absolute Gasteiger partial charge is 0.330 e. The molecule has 0 aliphatic carbocycles. The predicted octanol–water partition coefficient (Wildman–Crippen LogP) is -0.224. The molecule has 1 aliphatic rings. The third-order valence-corrected chi connectivity index (χ3v) is 4.60. The highest BCUT2D eigenvalue weighted by molar-refractivity contribution is 7.90. The molecule has 1 heterocycles. The summed E-state index contributed by atoms with van der Waals surface area (Å²) in [7, 11) is -2.84. The summed E-state index contributed by atoms with van der Waals surface area (Å²) in [5.74, 6) is 0.271. The Labute approximate surface area is 111 Å². The van der Waals surface area contributed by atoms with Crippen molar-refractivity contribution in [3.63, 3.8) is 0 Å². The zero-order chi connectivity index (χ0) is 13.6. The number of nitrogens with two attached hydrogens (primary N) is 1. The molecule has 0 radical (unpaired) electrons. The standard InChI is InChI=1S/C12H27N3O2S/c1-3-12(4-5-13)15-8-6-14(7-9-15)10-11-18(2,16)17/h12H,3-11,13H2,1-2H3. The lowest BCUT2D eigenvalue weighted by Crippen LogP contribution is -2.51. The minimum absolute atomic E-state index is 0.271. The van der Waals surface area contributed by atoms with E-state index in [9.17, 15) is 8.42 Å². The molecule has 1 rings (SSSR count). The average molecular weight is 277 g/mol. The Morgan fingerprint density at radius 1 is 1.22 bits per heavy atom. The van der Waals surface area contributed by atoms with Crippen LogP contribution in [0.5, 0.6) is 0 Å². The molecule has 108 valence electrons. The van der Waals surface area contributed by atoms with E-state index in [4.69, 9.17) is 5.73 Å². The minimum Gasteiger partial charge on any atom is -0.330 e. The molecular formula is C12H27N3O2S.